The van der Waals surface area contributed by atoms with E-state index in [0.717, 1.165) is 24.3 Å². The Bertz CT molecular complexity index is 583. The zero-order chi connectivity index (χ0) is 19.8. The molecule has 0 aromatic heterocycles. The van der Waals surface area contributed by atoms with Crippen molar-refractivity contribution in [3.63, 3.8) is 0 Å². The average molecular weight is 371 g/mol. The molecule has 0 radical (unpaired) electrons. The molecule has 1 nitrogen and oxygen atoms in total. The van der Waals surface area contributed by atoms with Gasteiger partial charge in [0, 0.05) is 0 Å². The van der Waals surface area contributed by atoms with Gasteiger partial charge in [0.1, 0.15) is 0 Å². The highest BCUT2D eigenvalue weighted by atomic mass is 16.3. The number of unbranched alkanes of at least 4 members (excludes halogenated alkanes) is 5. The molecule has 0 heterocycles. The molecule has 0 amide bonds. The predicted molar refractivity (Wildman–Crippen MR) is 119 cm³/mol. The summed E-state index contributed by atoms with van der Waals surface area (Å²) in [5.74, 6) is 2.11. The highest BCUT2D eigenvalue weighted by Gasteiger charge is 2.35. The maximum atomic E-state index is 10.4. The van der Waals surface area contributed by atoms with Crippen molar-refractivity contribution in [2.45, 2.75) is 98.5 Å². The van der Waals surface area contributed by atoms with Crippen LogP contribution in [0.2, 0.25) is 0 Å². The van der Waals surface area contributed by atoms with Crippen LogP contribution in [0.4, 0.5) is 0 Å². The van der Waals surface area contributed by atoms with Gasteiger partial charge in [0.25, 0.3) is 0 Å². The highest BCUT2D eigenvalue weighted by molar-refractivity contribution is 5.73. The van der Waals surface area contributed by atoms with Crippen LogP contribution in [-0.2, 0) is 0 Å². The molecule has 0 fully saturated rings. The SMILES string of the molecule is CCCCCC[C@@H]1C(c2ccc(C(O)CCCCC)cc2)=C(C)C(C)C1C. The summed E-state index contributed by atoms with van der Waals surface area (Å²) >= 11 is 0. The van der Waals surface area contributed by atoms with Gasteiger partial charge in [-0.15, -0.1) is 0 Å². The second-order valence-corrected chi connectivity index (χ2v) is 8.83. The second-order valence-electron chi connectivity index (χ2n) is 8.83. The molecule has 0 aliphatic heterocycles. The normalized spacial score (nSPS) is 23.9. The second kappa shape index (κ2) is 11.1. The van der Waals surface area contributed by atoms with Crippen LogP contribution in [0.15, 0.2) is 29.8 Å². The third-order valence-electron chi connectivity index (χ3n) is 6.96. The molecule has 0 saturated carbocycles. The molecule has 1 aliphatic rings. The molecular weight excluding hydrogens is 328 g/mol. The van der Waals surface area contributed by atoms with E-state index in [0.29, 0.717) is 11.8 Å². The molecule has 0 bridgehead atoms. The minimum absolute atomic E-state index is 0.313. The van der Waals surface area contributed by atoms with Crippen molar-refractivity contribution in [2.24, 2.45) is 17.8 Å². The van der Waals surface area contributed by atoms with Crippen LogP contribution in [0, 0.1) is 17.8 Å². The molecule has 1 aromatic carbocycles. The van der Waals surface area contributed by atoms with E-state index in [1.165, 1.54) is 50.5 Å². The maximum Gasteiger partial charge on any atom is 0.0790 e. The summed E-state index contributed by atoms with van der Waals surface area (Å²) in [5.41, 5.74) is 5.64. The molecule has 1 aromatic rings. The van der Waals surface area contributed by atoms with Crippen LogP contribution in [0.5, 0.6) is 0 Å². The van der Waals surface area contributed by atoms with Crippen molar-refractivity contribution >= 4 is 5.57 Å². The molecular formula is C26H42O. The van der Waals surface area contributed by atoms with E-state index >= 15 is 0 Å². The summed E-state index contributed by atoms with van der Waals surface area (Å²) in [5, 5.41) is 10.4. The molecule has 3 unspecified atom stereocenters. The summed E-state index contributed by atoms with van der Waals surface area (Å²) in [4.78, 5) is 0. The summed E-state index contributed by atoms with van der Waals surface area (Å²) in [7, 11) is 0. The number of allylic oxidation sites excluding steroid dienone is 2. The zero-order valence-electron chi connectivity index (χ0n) is 18.4. The molecule has 0 saturated heterocycles. The van der Waals surface area contributed by atoms with Gasteiger partial charge in [-0.3, -0.25) is 0 Å². The number of aliphatic hydroxyl groups excluding tert-OH is 1. The van der Waals surface area contributed by atoms with Gasteiger partial charge in [-0.05, 0) is 54.2 Å². The van der Waals surface area contributed by atoms with Crippen LogP contribution >= 0.6 is 0 Å². The molecule has 0 spiro atoms. The smallest absolute Gasteiger partial charge is 0.0790 e. The first-order chi connectivity index (χ1) is 13.0. The lowest BCUT2D eigenvalue weighted by Crippen LogP contribution is -2.12. The first-order valence-electron chi connectivity index (χ1n) is 11.5. The van der Waals surface area contributed by atoms with Gasteiger partial charge in [-0.1, -0.05) is 102 Å². The fourth-order valence-corrected chi connectivity index (χ4v) is 4.82. The largest absolute Gasteiger partial charge is 0.388 e. The Balaban J connectivity index is 2.10. The Morgan fingerprint density at radius 1 is 0.889 bits per heavy atom. The summed E-state index contributed by atoms with van der Waals surface area (Å²) < 4.78 is 0. The van der Waals surface area contributed by atoms with Gasteiger partial charge in [0.05, 0.1) is 6.10 Å². The van der Waals surface area contributed by atoms with Crippen LogP contribution in [0.25, 0.3) is 5.57 Å². The highest BCUT2D eigenvalue weighted by Crippen LogP contribution is 2.48. The topological polar surface area (TPSA) is 20.2 Å². The minimum atomic E-state index is -0.313. The number of rotatable bonds is 11. The molecule has 1 aliphatic carbocycles. The van der Waals surface area contributed by atoms with E-state index in [1.54, 1.807) is 11.1 Å². The molecule has 1 heteroatoms. The first kappa shape index (κ1) is 22.2. The van der Waals surface area contributed by atoms with Crippen LogP contribution < -0.4 is 0 Å². The summed E-state index contributed by atoms with van der Waals surface area (Å²) in [6, 6.07) is 8.85. The number of hydrogen-bond acceptors (Lipinski definition) is 1. The van der Waals surface area contributed by atoms with Crippen LogP contribution in [-0.4, -0.2) is 5.11 Å². The van der Waals surface area contributed by atoms with Gasteiger partial charge < -0.3 is 5.11 Å². The van der Waals surface area contributed by atoms with E-state index in [9.17, 15) is 5.11 Å². The van der Waals surface area contributed by atoms with Crippen molar-refractivity contribution in [1.29, 1.82) is 0 Å². The Morgan fingerprint density at radius 2 is 1.52 bits per heavy atom. The Labute approximate surface area is 168 Å². The van der Waals surface area contributed by atoms with E-state index in [1.807, 2.05) is 0 Å². The van der Waals surface area contributed by atoms with E-state index in [2.05, 4.69) is 58.9 Å². The monoisotopic (exact) mass is 370 g/mol. The molecule has 1 N–H and O–H groups in total. The van der Waals surface area contributed by atoms with Crippen molar-refractivity contribution in [2.75, 3.05) is 0 Å². The van der Waals surface area contributed by atoms with Crippen LogP contribution in [0.1, 0.15) is 110 Å². The number of aliphatic hydroxyl groups is 1. The lowest BCUT2D eigenvalue weighted by Gasteiger charge is -2.22. The minimum Gasteiger partial charge on any atom is -0.388 e. The van der Waals surface area contributed by atoms with Gasteiger partial charge in [0.2, 0.25) is 0 Å². The van der Waals surface area contributed by atoms with Crippen molar-refractivity contribution < 1.29 is 5.11 Å². The van der Waals surface area contributed by atoms with E-state index < -0.39 is 0 Å². The Kier molecular flexibility index (Phi) is 9.09. The third kappa shape index (κ3) is 5.70. The summed E-state index contributed by atoms with van der Waals surface area (Å²) in [6.45, 7) is 11.7. The fourth-order valence-electron chi connectivity index (χ4n) is 4.82. The molecule has 27 heavy (non-hydrogen) atoms. The lowest BCUT2D eigenvalue weighted by molar-refractivity contribution is 0.163. The van der Waals surface area contributed by atoms with E-state index in [-0.39, 0.29) is 6.10 Å². The van der Waals surface area contributed by atoms with Gasteiger partial charge in [-0.25, -0.2) is 0 Å². The third-order valence-corrected chi connectivity index (χ3v) is 6.96. The quantitative estimate of drug-likeness (QED) is 0.392. The standard InChI is InChI=1S/C26H42O/c1-6-8-10-12-13-24-20(4)19(3)21(5)26(24)23-17-15-22(16-18-23)25(27)14-11-9-7-2/h15-20,24-25,27H,6-14H2,1-5H3/t19?,20?,24-,25?/m0/s1. The Morgan fingerprint density at radius 3 is 2.15 bits per heavy atom. The Hall–Kier alpha value is -1.08. The maximum absolute atomic E-state index is 10.4. The first-order valence-corrected chi connectivity index (χ1v) is 11.5. The van der Waals surface area contributed by atoms with E-state index in [4.69, 9.17) is 0 Å². The number of benzene rings is 1. The predicted octanol–water partition coefficient (Wildman–Crippen LogP) is 7.95. The fraction of sp³-hybridized carbons (Fsp3) is 0.692. The zero-order valence-corrected chi connectivity index (χ0v) is 18.4. The lowest BCUT2D eigenvalue weighted by atomic mass is 9.82. The molecule has 2 rings (SSSR count). The van der Waals surface area contributed by atoms with Crippen LogP contribution in [0.3, 0.4) is 0 Å². The van der Waals surface area contributed by atoms with Gasteiger partial charge in [-0.2, -0.15) is 0 Å². The number of hydrogen-bond donors (Lipinski definition) is 1. The van der Waals surface area contributed by atoms with Gasteiger partial charge >= 0.3 is 0 Å². The van der Waals surface area contributed by atoms with Crippen molar-refractivity contribution in [3.05, 3.63) is 41.0 Å². The van der Waals surface area contributed by atoms with Gasteiger partial charge in [0.15, 0.2) is 0 Å². The van der Waals surface area contributed by atoms with Crippen molar-refractivity contribution in [1.82, 2.24) is 0 Å². The summed E-state index contributed by atoms with van der Waals surface area (Å²) in [6.07, 6.45) is 10.8. The molecule has 152 valence electrons. The van der Waals surface area contributed by atoms with Crippen molar-refractivity contribution in [3.8, 4) is 0 Å². The average Bonchev–Trinajstić information content (AvgIpc) is 2.89. The molecule has 4 atom stereocenters.